The van der Waals surface area contributed by atoms with Crippen LogP contribution in [0.3, 0.4) is 0 Å². The number of benzene rings is 1. The molecule has 1 saturated carbocycles. The van der Waals surface area contributed by atoms with Crippen molar-refractivity contribution in [2.75, 3.05) is 6.54 Å². The molecular formula is C11H10ClF2NO. The van der Waals surface area contributed by atoms with Crippen molar-refractivity contribution in [3.63, 3.8) is 0 Å². The summed E-state index contributed by atoms with van der Waals surface area (Å²) in [6.07, 6.45) is 2.21. The fourth-order valence-corrected chi connectivity index (χ4v) is 1.59. The van der Waals surface area contributed by atoms with Gasteiger partial charge in [-0.2, -0.15) is 0 Å². The Morgan fingerprint density at radius 3 is 2.62 bits per heavy atom. The van der Waals surface area contributed by atoms with Crippen molar-refractivity contribution in [3.05, 3.63) is 34.4 Å². The Morgan fingerprint density at radius 1 is 1.38 bits per heavy atom. The van der Waals surface area contributed by atoms with Crippen molar-refractivity contribution >= 4 is 17.5 Å². The highest BCUT2D eigenvalue weighted by Crippen LogP contribution is 2.28. The molecule has 1 fully saturated rings. The topological polar surface area (TPSA) is 29.1 Å². The number of hydrogen-bond acceptors (Lipinski definition) is 1. The Labute approximate surface area is 96.6 Å². The molecule has 0 heterocycles. The lowest BCUT2D eigenvalue weighted by Gasteiger charge is -2.06. The van der Waals surface area contributed by atoms with E-state index in [0.29, 0.717) is 12.5 Å². The lowest BCUT2D eigenvalue weighted by atomic mass is 10.2. The fourth-order valence-electron chi connectivity index (χ4n) is 1.35. The molecule has 1 aromatic rings. The Bertz CT molecular complexity index is 432. The quantitative estimate of drug-likeness (QED) is 0.816. The largest absolute Gasteiger partial charge is 0.352 e. The SMILES string of the molecule is O=C(NCC1CC1)c1cc(F)c(F)cc1Cl. The maximum absolute atomic E-state index is 12.9. The number of carbonyl (C=O) groups excluding carboxylic acids is 1. The van der Waals surface area contributed by atoms with Gasteiger partial charge in [0.2, 0.25) is 0 Å². The molecule has 0 bridgehead atoms. The van der Waals surface area contributed by atoms with Gasteiger partial charge in [-0.15, -0.1) is 0 Å². The molecule has 0 radical (unpaired) electrons. The Kier molecular flexibility index (Phi) is 3.10. The average Bonchev–Trinajstić information content (AvgIpc) is 3.03. The summed E-state index contributed by atoms with van der Waals surface area (Å²) in [6.45, 7) is 0.564. The monoisotopic (exact) mass is 245 g/mol. The van der Waals surface area contributed by atoms with Gasteiger partial charge < -0.3 is 5.32 Å². The van der Waals surface area contributed by atoms with Crippen LogP contribution >= 0.6 is 11.6 Å². The van der Waals surface area contributed by atoms with Crippen LogP contribution in [0.1, 0.15) is 23.2 Å². The van der Waals surface area contributed by atoms with E-state index in [1.807, 2.05) is 0 Å². The summed E-state index contributed by atoms with van der Waals surface area (Å²) in [5, 5.41) is 2.56. The maximum atomic E-state index is 12.9. The zero-order chi connectivity index (χ0) is 11.7. The minimum Gasteiger partial charge on any atom is -0.352 e. The number of halogens is 3. The summed E-state index contributed by atoms with van der Waals surface area (Å²) in [5.74, 6) is -2.06. The molecule has 1 aliphatic carbocycles. The van der Waals surface area contributed by atoms with E-state index in [4.69, 9.17) is 11.6 Å². The van der Waals surface area contributed by atoms with Gasteiger partial charge in [0, 0.05) is 6.54 Å². The maximum Gasteiger partial charge on any atom is 0.252 e. The lowest BCUT2D eigenvalue weighted by Crippen LogP contribution is -2.26. The third-order valence-electron chi connectivity index (χ3n) is 2.50. The molecule has 0 saturated heterocycles. The van der Waals surface area contributed by atoms with E-state index in [0.717, 1.165) is 25.0 Å². The summed E-state index contributed by atoms with van der Waals surface area (Å²) < 4.78 is 25.7. The molecule has 0 atom stereocenters. The van der Waals surface area contributed by atoms with E-state index < -0.39 is 17.5 Å². The van der Waals surface area contributed by atoms with E-state index >= 15 is 0 Å². The predicted octanol–water partition coefficient (Wildman–Crippen LogP) is 2.76. The van der Waals surface area contributed by atoms with Gasteiger partial charge in [-0.25, -0.2) is 8.78 Å². The molecule has 5 heteroatoms. The van der Waals surface area contributed by atoms with Crippen LogP contribution in [-0.4, -0.2) is 12.5 Å². The van der Waals surface area contributed by atoms with Gasteiger partial charge in [-0.1, -0.05) is 11.6 Å². The Morgan fingerprint density at radius 2 is 2.00 bits per heavy atom. The Balaban J connectivity index is 2.11. The second-order valence-electron chi connectivity index (χ2n) is 3.90. The first-order chi connectivity index (χ1) is 7.58. The molecule has 1 aromatic carbocycles. The molecule has 1 amide bonds. The normalized spacial score (nSPS) is 14.9. The third kappa shape index (κ3) is 2.50. The van der Waals surface area contributed by atoms with Crippen LogP contribution in [0.5, 0.6) is 0 Å². The van der Waals surface area contributed by atoms with Crippen LogP contribution in [0.4, 0.5) is 8.78 Å². The number of carbonyl (C=O) groups is 1. The summed E-state index contributed by atoms with van der Waals surface area (Å²) >= 11 is 5.66. The fraction of sp³-hybridized carbons (Fsp3) is 0.364. The smallest absolute Gasteiger partial charge is 0.252 e. The molecule has 2 rings (SSSR count). The second kappa shape index (κ2) is 4.37. The molecule has 0 spiro atoms. The number of rotatable bonds is 3. The van der Waals surface area contributed by atoms with Gasteiger partial charge in [-0.05, 0) is 30.9 Å². The van der Waals surface area contributed by atoms with Gasteiger partial charge in [-0.3, -0.25) is 4.79 Å². The van der Waals surface area contributed by atoms with Crippen LogP contribution in [0.25, 0.3) is 0 Å². The second-order valence-corrected chi connectivity index (χ2v) is 4.31. The van der Waals surface area contributed by atoms with Crippen molar-refractivity contribution in [1.82, 2.24) is 5.32 Å². The van der Waals surface area contributed by atoms with E-state index in [1.54, 1.807) is 0 Å². The van der Waals surface area contributed by atoms with Crippen molar-refractivity contribution in [2.24, 2.45) is 5.92 Å². The summed E-state index contributed by atoms with van der Waals surface area (Å²) in [5.41, 5.74) is -0.0267. The molecule has 1 aliphatic rings. The highest BCUT2D eigenvalue weighted by atomic mass is 35.5. The zero-order valence-electron chi connectivity index (χ0n) is 8.40. The van der Waals surface area contributed by atoms with E-state index in [-0.39, 0.29) is 10.6 Å². The van der Waals surface area contributed by atoms with Gasteiger partial charge >= 0.3 is 0 Å². The zero-order valence-corrected chi connectivity index (χ0v) is 9.15. The van der Waals surface area contributed by atoms with Crippen LogP contribution in [-0.2, 0) is 0 Å². The average molecular weight is 246 g/mol. The summed E-state index contributed by atoms with van der Waals surface area (Å²) in [4.78, 5) is 11.6. The van der Waals surface area contributed by atoms with Gasteiger partial charge in [0.1, 0.15) is 0 Å². The van der Waals surface area contributed by atoms with Gasteiger partial charge in [0.25, 0.3) is 5.91 Å². The minimum atomic E-state index is -1.07. The summed E-state index contributed by atoms with van der Waals surface area (Å²) in [6, 6.07) is 1.63. The third-order valence-corrected chi connectivity index (χ3v) is 2.82. The van der Waals surface area contributed by atoms with Crippen molar-refractivity contribution < 1.29 is 13.6 Å². The van der Waals surface area contributed by atoms with Gasteiger partial charge in [0.05, 0.1) is 10.6 Å². The highest BCUT2D eigenvalue weighted by molar-refractivity contribution is 6.33. The predicted molar refractivity (Wildman–Crippen MR) is 56.4 cm³/mol. The summed E-state index contributed by atoms with van der Waals surface area (Å²) in [7, 11) is 0. The minimum absolute atomic E-state index is 0.0267. The molecule has 0 unspecified atom stereocenters. The van der Waals surface area contributed by atoms with E-state index in [9.17, 15) is 13.6 Å². The van der Waals surface area contributed by atoms with E-state index in [1.165, 1.54) is 0 Å². The molecule has 1 N–H and O–H groups in total. The van der Waals surface area contributed by atoms with E-state index in [2.05, 4.69) is 5.32 Å². The van der Waals surface area contributed by atoms with Crippen molar-refractivity contribution in [1.29, 1.82) is 0 Å². The first-order valence-electron chi connectivity index (χ1n) is 5.00. The highest BCUT2D eigenvalue weighted by Gasteiger charge is 2.22. The molecule has 86 valence electrons. The molecular weight excluding hydrogens is 236 g/mol. The Hall–Kier alpha value is -1.16. The van der Waals surface area contributed by atoms with Crippen LogP contribution in [0.15, 0.2) is 12.1 Å². The first kappa shape index (κ1) is 11.3. The van der Waals surface area contributed by atoms with Gasteiger partial charge in [0.15, 0.2) is 11.6 Å². The lowest BCUT2D eigenvalue weighted by molar-refractivity contribution is 0.0951. The molecule has 2 nitrogen and oxygen atoms in total. The first-order valence-corrected chi connectivity index (χ1v) is 5.38. The molecule has 0 aromatic heterocycles. The number of hydrogen-bond donors (Lipinski definition) is 1. The molecule has 16 heavy (non-hydrogen) atoms. The standard InChI is InChI=1S/C11H10ClF2NO/c12-8-4-10(14)9(13)3-7(8)11(16)15-5-6-1-2-6/h3-4,6H,1-2,5H2,(H,15,16). The number of nitrogens with one attached hydrogen (secondary N) is 1. The van der Waals surface area contributed by atoms with Crippen LogP contribution in [0, 0.1) is 17.6 Å². The van der Waals surface area contributed by atoms with Crippen LogP contribution in [0.2, 0.25) is 5.02 Å². The van der Waals surface area contributed by atoms with Crippen molar-refractivity contribution in [3.8, 4) is 0 Å². The number of amides is 1. The van der Waals surface area contributed by atoms with Crippen molar-refractivity contribution in [2.45, 2.75) is 12.8 Å². The van der Waals surface area contributed by atoms with Crippen LogP contribution < -0.4 is 5.32 Å². The molecule has 0 aliphatic heterocycles.